The number of hydrogen-bond acceptors (Lipinski definition) is 15. The zero-order chi connectivity index (χ0) is 67.5. The molecule has 0 aliphatic rings. The van der Waals surface area contributed by atoms with Crippen LogP contribution in [0.15, 0.2) is 151 Å². The lowest BCUT2D eigenvalue weighted by atomic mass is 9.95. The number of H-pyrrole nitrogens is 1. The molecule has 10 aromatic rings. The summed E-state index contributed by atoms with van der Waals surface area (Å²) < 4.78 is 5.05. The first-order chi connectivity index (χ1) is 43.7. The van der Waals surface area contributed by atoms with Gasteiger partial charge in [-0.1, -0.05) is 106 Å². The van der Waals surface area contributed by atoms with E-state index in [1.54, 1.807) is 98.6 Å². The Morgan fingerprint density at radius 2 is 0.793 bits per heavy atom. The second-order valence-corrected chi connectivity index (χ2v) is 23.4. The molecule has 4 N–H and O–H groups in total. The number of pyridine rings is 3. The molecular formula is C73H81N11O8. The summed E-state index contributed by atoms with van der Waals surface area (Å²) in [5.41, 5.74) is 15.8. The van der Waals surface area contributed by atoms with Crippen molar-refractivity contribution in [2.24, 2.45) is 0 Å². The Morgan fingerprint density at radius 1 is 0.402 bits per heavy atom. The molecule has 0 saturated heterocycles. The minimum absolute atomic E-state index is 0.107. The Bertz CT molecular complexity index is 4150. The molecule has 19 nitrogen and oxygen atoms in total. The zero-order valence-corrected chi connectivity index (χ0v) is 55.1. The van der Waals surface area contributed by atoms with Crippen LogP contribution in [0.4, 0.5) is 0 Å². The maximum atomic E-state index is 11.0. The molecule has 0 atom stereocenters. The average molecular weight is 1240 g/mol. The van der Waals surface area contributed by atoms with Crippen LogP contribution < -0.4 is 10.3 Å². The first-order valence-electron chi connectivity index (χ1n) is 30.2. The molecule has 7 aromatic heterocycles. The van der Waals surface area contributed by atoms with Gasteiger partial charge < -0.3 is 25.0 Å². The van der Waals surface area contributed by atoms with Gasteiger partial charge in [-0.15, -0.1) is 0 Å². The number of aryl methyl sites for hydroxylation is 4. The second-order valence-electron chi connectivity index (χ2n) is 23.4. The van der Waals surface area contributed by atoms with Crippen molar-refractivity contribution < 1.29 is 34.4 Å². The van der Waals surface area contributed by atoms with Crippen molar-refractivity contribution in [1.29, 1.82) is 0 Å². The number of carboxylic acid groups (broad SMARTS) is 3. The monoisotopic (exact) mass is 1240 g/mol. The van der Waals surface area contributed by atoms with Crippen LogP contribution in [0.5, 0.6) is 5.88 Å². The van der Waals surface area contributed by atoms with Crippen molar-refractivity contribution in [1.82, 2.24) is 54.8 Å². The minimum Gasteiger partial charge on any atom is -0.481 e. The number of aromatic carboxylic acids is 3. The van der Waals surface area contributed by atoms with E-state index in [1.165, 1.54) is 11.6 Å². The fourth-order valence-electron chi connectivity index (χ4n) is 9.14. The van der Waals surface area contributed by atoms with Gasteiger partial charge in [0.05, 0.1) is 52.3 Å². The fourth-order valence-corrected chi connectivity index (χ4v) is 9.14. The van der Waals surface area contributed by atoms with Crippen molar-refractivity contribution in [2.45, 2.75) is 133 Å². The number of methoxy groups -OCH3 is 1. The number of ether oxygens (including phenoxy) is 1. The van der Waals surface area contributed by atoms with E-state index in [-0.39, 0.29) is 40.0 Å². The molecule has 7 heterocycles. The lowest BCUT2D eigenvalue weighted by Crippen LogP contribution is -2.04. The van der Waals surface area contributed by atoms with Gasteiger partial charge in [-0.2, -0.15) is 0 Å². The molecule has 10 rings (SSSR count). The van der Waals surface area contributed by atoms with Gasteiger partial charge in [-0.25, -0.2) is 59.2 Å². The number of nitrogens with zero attached hydrogens (tertiary/aromatic N) is 10. The van der Waals surface area contributed by atoms with E-state index in [1.807, 2.05) is 111 Å². The van der Waals surface area contributed by atoms with E-state index >= 15 is 0 Å². The number of rotatable bonds is 14. The summed E-state index contributed by atoms with van der Waals surface area (Å²) in [6.45, 7) is 30.6. The van der Waals surface area contributed by atoms with Crippen molar-refractivity contribution >= 4 is 17.9 Å². The molecule has 19 heteroatoms. The summed E-state index contributed by atoms with van der Waals surface area (Å²) in [5.74, 6) is 2.59. The van der Waals surface area contributed by atoms with Gasteiger partial charge in [-0.3, -0.25) is 9.78 Å². The maximum Gasteiger partial charge on any atom is 0.335 e. The molecule has 0 fully saturated rings. The molecule has 0 aliphatic heterocycles. The van der Waals surface area contributed by atoms with Crippen LogP contribution in [0.25, 0.3) is 56.3 Å². The van der Waals surface area contributed by atoms with Gasteiger partial charge in [0.1, 0.15) is 23.3 Å². The third-order valence-corrected chi connectivity index (χ3v) is 14.3. The van der Waals surface area contributed by atoms with Gasteiger partial charge in [0.25, 0.3) is 0 Å². The van der Waals surface area contributed by atoms with Crippen LogP contribution >= 0.6 is 0 Å². The van der Waals surface area contributed by atoms with Crippen LogP contribution in [0.2, 0.25) is 0 Å². The Hall–Kier alpha value is -10.6. The molecule has 0 amide bonds. The van der Waals surface area contributed by atoms with Gasteiger partial charge >= 0.3 is 17.9 Å². The first-order valence-corrected chi connectivity index (χ1v) is 30.2. The highest BCUT2D eigenvalue weighted by Crippen LogP contribution is 2.30. The topological polar surface area (TPSA) is 283 Å². The Kier molecular flexibility index (Phi) is 25.1. The highest BCUT2D eigenvalue weighted by molar-refractivity contribution is 5.90. The SMILES string of the molecule is COc1ccc(-c2nc(C(C)C)ncc2C)cn1.Cc1c(C(C)C)ccnc1-c1cccc(C(=O)O)c1.Cc1cnc(C(C)C)nc1-c1ccc(=O)[nH]c1.Cc1cnc(C(C)C)nc1-c1ccc(C(=O)O)cc1.Cc1cnc(C(C)C)nc1-c1cccc(C(=O)O)c1. The van der Waals surface area contributed by atoms with Gasteiger partial charge in [0.2, 0.25) is 11.4 Å². The average Bonchev–Trinajstić information content (AvgIpc) is 1.06. The van der Waals surface area contributed by atoms with Crippen LogP contribution in [0.1, 0.15) is 187 Å². The normalized spacial score (nSPS) is 10.8. The third-order valence-electron chi connectivity index (χ3n) is 14.3. The molecule has 0 radical (unpaired) electrons. The molecule has 0 unspecified atom stereocenters. The van der Waals surface area contributed by atoms with E-state index in [0.717, 1.165) is 107 Å². The third kappa shape index (κ3) is 19.2. The van der Waals surface area contributed by atoms with Crippen LogP contribution in [0.3, 0.4) is 0 Å². The number of nitrogens with one attached hydrogen (secondary N) is 1. The van der Waals surface area contributed by atoms with Crippen molar-refractivity contribution in [3.63, 3.8) is 0 Å². The van der Waals surface area contributed by atoms with E-state index < -0.39 is 17.9 Å². The van der Waals surface area contributed by atoms with E-state index in [4.69, 9.17) is 20.1 Å². The zero-order valence-electron chi connectivity index (χ0n) is 55.1. The van der Waals surface area contributed by atoms with Crippen LogP contribution in [-0.2, 0) is 0 Å². The summed E-state index contributed by atoms with van der Waals surface area (Å²) in [6, 6.07) is 29.6. The highest BCUT2D eigenvalue weighted by Gasteiger charge is 2.16. The Morgan fingerprint density at radius 3 is 1.16 bits per heavy atom. The Labute approximate surface area is 537 Å². The van der Waals surface area contributed by atoms with Gasteiger partial charge in [0, 0.05) is 107 Å². The predicted molar refractivity (Wildman–Crippen MR) is 360 cm³/mol. The van der Waals surface area contributed by atoms with Crippen molar-refractivity contribution in [3.8, 4) is 62.2 Å². The molecular weight excluding hydrogens is 1160 g/mol. The number of hydrogen-bond donors (Lipinski definition) is 4. The van der Waals surface area contributed by atoms with E-state index in [9.17, 15) is 19.2 Å². The van der Waals surface area contributed by atoms with Crippen molar-refractivity contribution in [2.75, 3.05) is 7.11 Å². The number of aromatic amines is 1. The summed E-state index contributed by atoms with van der Waals surface area (Å²) in [4.78, 5) is 90.6. The summed E-state index contributed by atoms with van der Waals surface area (Å²) in [5, 5.41) is 27.0. The summed E-state index contributed by atoms with van der Waals surface area (Å²) in [7, 11) is 1.61. The molecule has 0 saturated carbocycles. The second kappa shape index (κ2) is 32.8. The number of benzene rings is 3. The maximum absolute atomic E-state index is 11.0. The first kappa shape index (κ1) is 70.5. The summed E-state index contributed by atoms with van der Waals surface area (Å²) >= 11 is 0. The van der Waals surface area contributed by atoms with Crippen LogP contribution in [-0.4, -0.2) is 95.2 Å². The number of carbonyl (C=O) groups is 3. The highest BCUT2D eigenvalue weighted by atomic mass is 16.5. The van der Waals surface area contributed by atoms with E-state index in [0.29, 0.717) is 17.7 Å². The molecule has 92 heavy (non-hydrogen) atoms. The summed E-state index contributed by atoms with van der Waals surface area (Å²) in [6.07, 6.45) is 12.5. The Balaban J connectivity index is 0.000000183. The predicted octanol–water partition coefficient (Wildman–Crippen LogP) is 15.7. The van der Waals surface area contributed by atoms with Gasteiger partial charge in [-0.05, 0) is 129 Å². The standard InChI is InChI=1S/C16H17NO2.2C15H16N2O2.C14H17N3O.C13H15N3O/c1-10(2)14-7-8-17-15(11(14)3)12-5-4-6-13(9-12)16(18)19;1-9(2)14-16-8-10(3)13(17-14)11-4-6-12(7-5-11)15(18)19;1-9(2)14-16-8-10(3)13(17-14)11-5-4-6-12(7-11)15(18)19;1-9(2)14-16-7-10(3)13(17-14)11-5-6-12(18-4)15-8-11;1-8(2)13-15-6-9(3)12(16-13)10-4-5-11(17)14-7-10/h4-10H,1-3H3,(H,18,19);2*4-9H,1-3H3,(H,18,19);5-9H,1-4H3;4-8H,1-3H3,(H,14,17). The quantitative estimate of drug-likeness (QED) is 0.0787. The molecule has 0 aliphatic carbocycles. The lowest BCUT2D eigenvalue weighted by Gasteiger charge is -2.13. The molecule has 3 aromatic carbocycles. The molecule has 0 spiro atoms. The number of aromatic nitrogens is 11. The lowest BCUT2D eigenvalue weighted by molar-refractivity contribution is 0.0686. The van der Waals surface area contributed by atoms with Crippen LogP contribution in [0, 0.1) is 34.6 Å². The minimum atomic E-state index is -0.933. The smallest absolute Gasteiger partial charge is 0.335 e. The van der Waals surface area contributed by atoms with E-state index in [2.05, 4.69) is 96.4 Å². The van der Waals surface area contributed by atoms with Crippen molar-refractivity contribution in [3.05, 3.63) is 230 Å². The molecule has 0 bridgehead atoms. The molecule has 476 valence electrons. The fraction of sp³-hybridized carbons (Fsp3) is 0.288. The van der Waals surface area contributed by atoms with Gasteiger partial charge in [0.15, 0.2) is 0 Å². The number of carboxylic acids is 3. The largest absolute Gasteiger partial charge is 0.481 e.